The average molecular weight is 414 g/mol. The normalized spacial score (nSPS) is 16.0. The molecule has 0 radical (unpaired) electrons. The van der Waals surface area contributed by atoms with E-state index in [0.717, 1.165) is 5.56 Å². The zero-order valence-electron chi connectivity index (χ0n) is 17.3. The summed E-state index contributed by atoms with van der Waals surface area (Å²) >= 11 is 0. The lowest BCUT2D eigenvalue weighted by atomic mass is 10.1. The van der Waals surface area contributed by atoms with Crippen LogP contribution in [0.1, 0.15) is 22.0 Å². The molecule has 8 nitrogen and oxygen atoms in total. The van der Waals surface area contributed by atoms with Gasteiger partial charge in [0.25, 0.3) is 5.91 Å². The molecule has 8 heteroatoms. The molecule has 2 aromatic rings. The molecule has 1 N–H and O–H groups in total. The van der Waals surface area contributed by atoms with E-state index < -0.39 is 5.91 Å². The molecule has 0 bridgehead atoms. The van der Waals surface area contributed by atoms with Gasteiger partial charge in [-0.25, -0.2) is 0 Å². The Bertz CT molecular complexity index is 861. The van der Waals surface area contributed by atoms with Crippen LogP contribution in [0.5, 0.6) is 17.2 Å². The fraction of sp³-hybridized carbons (Fsp3) is 0.364. The van der Waals surface area contributed by atoms with Crippen molar-refractivity contribution >= 4 is 11.8 Å². The van der Waals surface area contributed by atoms with Crippen molar-refractivity contribution in [2.24, 2.45) is 0 Å². The quantitative estimate of drug-likeness (QED) is 0.746. The Morgan fingerprint density at radius 2 is 1.73 bits per heavy atom. The molecule has 0 aliphatic carbocycles. The Morgan fingerprint density at radius 1 is 1.07 bits per heavy atom. The van der Waals surface area contributed by atoms with E-state index >= 15 is 0 Å². The van der Waals surface area contributed by atoms with Gasteiger partial charge in [0.15, 0.2) is 11.5 Å². The van der Waals surface area contributed by atoms with Gasteiger partial charge in [0.05, 0.1) is 41.0 Å². The molecule has 2 aromatic carbocycles. The number of nitrogens with one attached hydrogen (secondary N) is 1. The topological polar surface area (TPSA) is 86.3 Å². The number of ether oxygens (including phenoxy) is 4. The highest BCUT2D eigenvalue weighted by atomic mass is 16.5. The van der Waals surface area contributed by atoms with E-state index in [9.17, 15) is 9.59 Å². The number of benzene rings is 2. The largest absolute Gasteiger partial charge is 0.493 e. The van der Waals surface area contributed by atoms with Crippen LogP contribution < -0.4 is 19.5 Å². The maximum Gasteiger partial charge on any atom is 0.251 e. The van der Waals surface area contributed by atoms with Crippen LogP contribution >= 0.6 is 0 Å². The number of hydrogen-bond acceptors (Lipinski definition) is 6. The van der Waals surface area contributed by atoms with E-state index in [2.05, 4.69) is 5.32 Å². The molecule has 0 spiro atoms. The lowest BCUT2D eigenvalue weighted by Crippen LogP contribution is -2.46. The van der Waals surface area contributed by atoms with E-state index in [0.29, 0.717) is 42.5 Å². The van der Waals surface area contributed by atoms with Crippen molar-refractivity contribution in [2.45, 2.75) is 6.10 Å². The minimum Gasteiger partial charge on any atom is -0.493 e. The SMILES string of the molecule is COc1cc(C(=O)NCC(=O)N2CCO[C@H](c3ccccc3)C2)cc(OC)c1OC. The summed E-state index contributed by atoms with van der Waals surface area (Å²) in [5.74, 6) is 0.558. The molecule has 1 aliphatic rings. The molecule has 0 saturated carbocycles. The van der Waals surface area contributed by atoms with Crippen LogP contribution in [0.25, 0.3) is 0 Å². The monoisotopic (exact) mass is 414 g/mol. The average Bonchev–Trinajstić information content (AvgIpc) is 2.81. The van der Waals surface area contributed by atoms with Gasteiger partial charge < -0.3 is 29.2 Å². The Labute approximate surface area is 175 Å². The second-order valence-corrected chi connectivity index (χ2v) is 6.71. The fourth-order valence-corrected chi connectivity index (χ4v) is 3.33. The Morgan fingerprint density at radius 3 is 2.33 bits per heavy atom. The summed E-state index contributed by atoms with van der Waals surface area (Å²) in [4.78, 5) is 26.9. The van der Waals surface area contributed by atoms with Gasteiger partial charge in [-0.05, 0) is 17.7 Å². The molecule has 1 heterocycles. The number of carbonyl (C=O) groups excluding carboxylic acids is 2. The highest BCUT2D eigenvalue weighted by molar-refractivity contribution is 5.97. The van der Waals surface area contributed by atoms with Crippen molar-refractivity contribution in [1.82, 2.24) is 10.2 Å². The summed E-state index contributed by atoms with van der Waals surface area (Å²) in [6, 6.07) is 12.9. The standard InChI is InChI=1S/C22H26N2O6/c1-27-17-11-16(12-18(28-2)21(17)29-3)22(26)23-13-20(25)24-9-10-30-19(14-24)15-7-5-4-6-8-15/h4-8,11-12,19H,9-10,13-14H2,1-3H3,(H,23,26)/t19-/m0/s1. The van der Waals surface area contributed by atoms with E-state index in [1.54, 1.807) is 17.0 Å². The zero-order valence-corrected chi connectivity index (χ0v) is 17.3. The summed E-state index contributed by atoms with van der Waals surface area (Å²) in [6.45, 7) is 1.27. The van der Waals surface area contributed by atoms with Gasteiger partial charge in [-0.3, -0.25) is 9.59 Å². The molecule has 160 valence electrons. The van der Waals surface area contributed by atoms with Crippen molar-refractivity contribution in [1.29, 1.82) is 0 Å². The molecule has 1 fully saturated rings. The van der Waals surface area contributed by atoms with Gasteiger partial charge in [-0.1, -0.05) is 30.3 Å². The second kappa shape index (κ2) is 9.98. The van der Waals surface area contributed by atoms with Crippen LogP contribution in [-0.4, -0.2) is 64.3 Å². The minimum absolute atomic E-state index is 0.114. The summed E-state index contributed by atoms with van der Waals surface area (Å²) in [5.41, 5.74) is 1.33. The highest BCUT2D eigenvalue weighted by Crippen LogP contribution is 2.38. The fourth-order valence-electron chi connectivity index (χ4n) is 3.33. The zero-order chi connectivity index (χ0) is 21.5. The summed E-state index contributed by atoms with van der Waals surface area (Å²) in [6.07, 6.45) is -0.172. The van der Waals surface area contributed by atoms with Gasteiger partial charge in [0, 0.05) is 12.1 Å². The van der Waals surface area contributed by atoms with Crippen molar-refractivity contribution < 1.29 is 28.5 Å². The Kier molecular flexibility index (Phi) is 7.13. The van der Waals surface area contributed by atoms with Gasteiger partial charge in [0.1, 0.15) is 6.10 Å². The van der Waals surface area contributed by atoms with Crippen molar-refractivity contribution in [3.8, 4) is 17.2 Å². The molecule has 1 atom stereocenters. The van der Waals surface area contributed by atoms with E-state index in [-0.39, 0.29) is 18.6 Å². The third-order valence-electron chi connectivity index (χ3n) is 4.92. The first-order valence-electron chi connectivity index (χ1n) is 9.60. The van der Waals surface area contributed by atoms with Crippen LogP contribution in [0.2, 0.25) is 0 Å². The minimum atomic E-state index is -0.407. The number of hydrogen-bond donors (Lipinski definition) is 1. The molecule has 30 heavy (non-hydrogen) atoms. The van der Waals surface area contributed by atoms with Gasteiger partial charge in [-0.2, -0.15) is 0 Å². The van der Waals surface area contributed by atoms with E-state index in [1.807, 2.05) is 30.3 Å². The smallest absolute Gasteiger partial charge is 0.251 e. The maximum absolute atomic E-state index is 12.6. The first-order chi connectivity index (χ1) is 14.6. The summed E-state index contributed by atoms with van der Waals surface area (Å²) < 4.78 is 21.6. The molecular formula is C22H26N2O6. The van der Waals surface area contributed by atoms with Crippen LogP contribution in [0.4, 0.5) is 0 Å². The lowest BCUT2D eigenvalue weighted by molar-refractivity contribution is -0.137. The van der Waals surface area contributed by atoms with Crippen LogP contribution in [0.3, 0.4) is 0 Å². The molecule has 2 amide bonds. The van der Waals surface area contributed by atoms with Crippen LogP contribution in [0, 0.1) is 0 Å². The van der Waals surface area contributed by atoms with Gasteiger partial charge in [-0.15, -0.1) is 0 Å². The number of carbonyl (C=O) groups is 2. The van der Waals surface area contributed by atoms with Crippen molar-refractivity contribution in [2.75, 3.05) is 47.6 Å². The Balaban J connectivity index is 1.62. The molecular weight excluding hydrogens is 388 g/mol. The number of morpholine rings is 1. The van der Waals surface area contributed by atoms with E-state index in [4.69, 9.17) is 18.9 Å². The Hall–Kier alpha value is -3.26. The molecule has 0 unspecified atom stereocenters. The molecule has 1 aliphatic heterocycles. The molecule has 3 rings (SSSR count). The first kappa shape index (κ1) is 21.4. The first-order valence-corrected chi connectivity index (χ1v) is 9.60. The van der Waals surface area contributed by atoms with Gasteiger partial charge >= 0.3 is 0 Å². The lowest BCUT2D eigenvalue weighted by Gasteiger charge is -2.33. The maximum atomic E-state index is 12.6. The summed E-state index contributed by atoms with van der Waals surface area (Å²) in [7, 11) is 4.44. The molecule has 0 aromatic heterocycles. The third kappa shape index (κ3) is 4.83. The van der Waals surface area contributed by atoms with Gasteiger partial charge in [0.2, 0.25) is 11.7 Å². The number of rotatable bonds is 7. The number of nitrogens with zero attached hydrogens (tertiary/aromatic N) is 1. The van der Waals surface area contributed by atoms with Crippen LogP contribution in [-0.2, 0) is 9.53 Å². The van der Waals surface area contributed by atoms with E-state index in [1.165, 1.54) is 21.3 Å². The number of methoxy groups -OCH3 is 3. The predicted octanol–water partition coefficient (Wildman–Crippen LogP) is 2.04. The van der Waals surface area contributed by atoms with Crippen molar-refractivity contribution in [3.05, 3.63) is 53.6 Å². The van der Waals surface area contributed by atoms with Crippen LogP contribution in [0.15, 0.2) is 42.5 Å². The third-order valence-corrected chi connectivity index (χ3v) is 4.92. The predicted molar refractivity (Wildman–Crippen MR) is 110 cm³/mol. The van der Waals surface area contributed by atoms with Crippen molar-refractivity contribution in [3.63, 3.8) is 0 Å². The summed E-state index contributed by atoms with van der Waals surface area (Å²) in [5, 5.41) is 2.67. The number of amides is 2. The highest BCUT2D eigenvalue weighted by Gasteiger charge is 2.25. The molecule has 1 saturated heterocycles. The second-order valence-electron chi connectivity index (χ2n) is 6.71.